The first-order valence-electron chi connectivity index (χ1n) is 6.86. The van der Waals surface area contributed by atoms with Crippen LogP contribution in [0.3, 0.4) is 0 Å². The van der Waals surface area contributed by atoms with Gasteiger partial charge in [0.1, 0.15) is 6.10 Å². The van der Waals surface area contributed by atoms with Crippen molar-refractivity contribution in [3.63, 3.8) is 0 Å². The third-order valence-electron chi connectivity index (χ3n) is 4.93. The number of carbonyl (C=O) groups excluding carboxylic acids is 1. The van der Waals surface area contributed by atoms with Crippen LogP contribution in [0, 0.1) is 5.92 Å². The van der Waals surface area contributed by atoms with Crippen molar-refractivity contribution in [2.75, 3.05) is 0 Å². The lowest BCUT2D eigenvalue weighted by atomic mass is 9.69. The second-order valence-electron chi connectivity index (χ2n) is 6.00. The molecule has 0 aromatic heterocycles. The van der Waals surface area contributed by atoms with Crippen molar-refractivity contribution in [2.45, 2.75) is 78.0 Å². The predicted molar refractivity (Wildman–Crippen MR) is 69.3 cm³/mol. The normalized spacial score (nSPS) is 41.7. The molecular formula is C14H26NO3. The molecule has 18 heavy (non-hydrogen) atoms. The molecule has 1 aliphatic rings. The van der Waals surface area contributed by atoms with Gasteiger partial charge in [-0.1, -0.05) is 20.8 Å². The number of ether oxygens (including phenoxy) is 1. The summed E-state index contributed by atoms with van der Waals surface area (Å²) in [6.07, 6.45) is 1.97. The number of hydrogen-bond donors (Lipinski definition) is 0. The van der Waals surface area contributed by atoms with Crippen LogP contribution >= 0.6 is 0 Å². The Morgan fingerprint density at radius 3 is 2.28 bits per heavy atom. The first kappa shape index (κ1) is 15.4. The molecule has 0 saturated carbocycles. The summed E-state index contributed by atoms with van der Waals surface area (Å²) in [5.41, 5.74) is -0.916. The summed E-state index contributed by atoms with van der Waals surface area (Å²) in [4.78, 5) is 11.2. The Balaban J connectivity index is 3.09. The van der Waals surface area contributed by atoms with Gasteiger partial charge in [0.05, 0.1) is 11.1 Å². The van der Waals surface area contributed by atoms with Crippen LogP contribution < -0.4 is 0 Å². The molecule has 105 valence electrons. The molecule has 4 atom stereocenters. The number of esters is 1. The van der Waals surface area contributed by atoms with E-state index in [9.17, 15) is 10.0 Å². The lowest BCUT2D eigenvalue weighted by Gasteiger charge is -2.55. The van der Waals surface area contributed by atoms with Crippen LogP contribution in [0.1, 0.15) is 60.8 Å². The summed E-state index contributed by atoms with van der Waals surface area (Å²) >= 11 is 0. The van der Waals surface area contributed by atoms with Crippen molar-refractivity contribution in [3.8, 4) is 0 Å². The Hall–Kier alpha value is -0.610. The van der Waals surface area contributed by atoms with Gasteiger partial charge in [0.2, 0.25) is 0 Å². The molecule has 0 aliphatic carbocycles. The van der Waals surface area contributed by atoms with Crippen LogP contribution in [0.4, 0.5) is 0 Å². The third kappa shape index (κ3) is 2.41. The zero-order valence-electron chi connectivity index (χ0n) is 12.4. The summed E-state index contributed by atoms with van der Waals surface area (Å²) in [6, 6.07) is 0. The van der Waals surface area contributed by atoms with Crippen molar-refractivity contribution in [2.24, 2.45) is 5.92 Å². The minimum absolute atomic E-state index is 0.0449. The topological polar surface area (TPSA) is 49.4 Å². The van der Waals surface area contributed by atoms with Crippen LogP contribution in [0.5, 0.6) is 0 Å². The maximum atomic E-state index is 12.6. The van der Waals surface area contributed by atoms with Crippen molar-refractivity contribution in [1.29, 1.82) is 0 Å². The van der Waals surface area contributed by atoms with Gasteiger partial charge in [-0.25, -0.2) is 0 Å². The van der Waals surface area contributed by atoms with E-state index in [0.717, 1.165) is 12.8 Å². The number of rotatable bonds is 3. The Morgan fingerprint density at radius 1 is 1.33 bits per heavy atom. The standard InChI is InChI=1S/C14H26NO3/c1-7-13(5)9-12(18-11(4)16)10(3)14(6,8-2)15(13)17/h10,12H,7-9H2,1-6H3/t10-,12-,13-,14+/m1/s1. The van der Waals surface area contributed by atoms with E-state index in [-0.39, 0.29) is 18.0 Å². The smallest absolute Gasteiger partial charge is 0.302 e. The predicted octanol–water partition coefficient (Wildman–Crippen LogP) is 2.94. The molecule has 1 saturated heterocycles. The molecule has 1 rings (SSSR count). The minimum atomic E-state index is -0.469. The molecule has 0 aromatic carbocycles. The van der Waals surface area contributed by atoms with E-state index in [1.807, 2.05) is 34.6 Å². The van der Waals surface area contributed by atoms with Crippen LogP contribution in [0.2, 0.25) is 0 Å². The first-order valence-corrected chi connectivity index (χ1v) is 6.86. The van der Waals surface area contributed by atoms with Crippen LogP contribution in [0.25, 0.3) is 0 Å². The molecule has 1 fully saturated rings. The highest BCUT2D eigenvalue weighted by Crippen LogP contribution is 2.45. The number of nitrogens with zero attached hydrogens (tertiary/aromatic N) is 1. The summed E-state index contributed by atoms with van der Waals surface area (Å²) in [7, 11) is 0. The average molecular weight is 256 g/mol. The third-order valence-corrected chi connectivity index (χ3v) is 4.93. The van der Waals surface area contributed by atoms with Crippen molar-refractivity contribution >= 4 is 5.97 Å². The van der Waals surface area contributed by atoms with Crippen molar-refractivity contribution in [3.05, 3.63) is 0 Å². The lowest BCUT2D eigenvalue weighted by Crippen LogP contribution is -2.66. The first-order chi connectivity index (χ1) is 8.21. The van der Waals surface area contributed by atoms with Gasteiger partial charge in [-0.2, -0.15) is 0 Å². The highest BCUT2D eigenvalue weighted by molar-refractivity contribution is 5.66. The Labute approximate surface area is 110 Å². The van der Waals surface area contributed by atoms with Crippen LogP contribution in [-0.2, 0) is 14.7 Å². The Morgan fingerprint density at radius 2 is 1.89 bits per heavy atom. The summed E-state index contributed by atoms with van der Waals surface area (Å²) < 4.78 is 5.44. The highest BCUT2D eigenvalue weighted by atomic mass is 16.5. The van der Waals surface area contributed by atoms with Crippen LogP contribution in [0.15, 0.2) is 0 Å². The van der Waals surface area contributed by atoms with Gasteiger partial charge in [0, 0.05) is 19.3 Å². The summed E-state index contributed by atoms with van der Waals surface area (Å²) in [5.74, 6) is -0.216. The van der Waals surface area contributed by atoms with Crippen LogP contribution in [-0.4, -0.2) is 28.2 Å². The van der Waals surface area contributed by atoms with E-state index in [1.165, 1.54) is 12.0 Å². The molecule has 1 aliphatic heterocycles. The van der Waals surface area contributed by atoms with Gasteiger partial charge in [-0.05, 0) is 26.7 Å². The second kappa shape index (κ2) is 5.17. The average Bonchev–Trinajstić information content (AvgIpc) is 2.33. The second-order valence-corrected chi connectivity index (χ2v) is 6.00. The minimum Gasteiger partial charge on any atom is -0.462 e. The Bertz CT molecular complexity index is 320. The molecule has 1 heterocycles. The van der Waals surface area contributed by atoms with Crippen molar-refractivity contribution in [1.82, 2.24) is 5.06 Å². The van der Waals surface area contributed by atoms with Gasteiger partial charge in [0.25, 0.3) is 0 Å². The fraction of sp³-hybridized carbons (Fsp3) is 0.929. The molecule has 0 aromatic rings. The Kier molecular flexibility index (Phi) is 4.44. The van der Waals surface area contributed by atoms with E-state index >= 15 is 0 Å². The zero-order valence-corrected chi connectivity index (χ0v) is 12.4. The molecule has 0 unspecified atom stereocenters. The number of hydroxylamine groups is 2. The van der Waals surface area contributed by atoms with Gasteiger partial charge >= 0.3 is 5.97 Å². The summed E-state index contributed by atoms with van der Waals surface area (Å²) in [6.45, 7) is 11.4. The number of hydrogen-bond acceptors (Lipinski definition) is 3. The molecule has 4 heteroatoms. The van der Waals surface area contributed by atoms with E-state index in [0.29, 0.717) is 6.42 Å². The number of piperidine rings is 1. The quantitative estimate of drug-likeness (QED) is 0.729. The molecule has 0 bridgehead atoms. The molecule has 0 spiro atoms. The fourth-order valence-electron chi connectivity index (χ4n) is 3.01. The molecule has 4 nitrogen and oxygen atoms in total. The molecule has 0 N–H and O–H groups in total. The summed E-state index contributed by atoms with van der Waals surface area (Å²) in [5, 5.41) is 13.9. The van der Waals surface area contributed by atoms with Gasteiger partial charge in [0.15, 0.2) is 0 Å². The van der Waals surface area contributed by atoms with Gasteiger partial charge in [-0.15, -0.1) is 10.3 Å². The SMILES string of the molecule is CC[C@]1(C)C[C@@H](OC(C)=O)[C@@H](C)[C@](C)(CC)N1[O]. The van der Waals surface area contributed by atoms with Crippen molar-refractivity contribution < 1.29 is 14.7 Å². The van der Waals surface area contributed by atoms with E-state index in [4.69, 9.17) is 4.74 Å². The largest absolute Gasteiger partial charge is 0.462 e. The van der Waals surface area contributed by atoms with Gasteiger partial charge in [-0.3, -0.25) is 4.79 Å². The molecule has 1 radical (unpaired) electrons. The maximum absolute atomic E-state index is 12.6. The van der Waals surface area contributed by atoms with Gasteiger partial charge < -0.3 is 4.74 Å². The number of carbonyl (C=O) groups is 1. The van der Waals surface area contributed by atoms with E-state index in [1.54, 1.807) is 0 Å². The molecular weight excluding hydrogens is 230 g/mol. The monoisotopic (exact) mass is 256 g/mol. The molecule has 0 amide bonds. The highest BCUT2D eigenvalue weighted by Gasteiger charge is 2.54. The lowest BCUT2D eigenvalue weighted by molar-refractivity contribution is -0.324. The zero-order chi connectivity index (χ0) is 14.1. The van der Waals surface area contributed by atoms with E-state index < -0.39 is 11.1 Å². The maximum Gasteiger partial charge on any atom is 0.302 e. The fourth-order valence-corrected chi connectivity index (χ4v) is 3.01. The van der Waals surface area contributed by atoms with E-state index in [2.05, 4.69) is 0 Å².